The molecule has 0 radical (unpaired) electrons. The molecule has 0 fully saturated rings. The Hall–Kier alpha value is -3.92. The molecule has 4 aromatic rings. The lowest BCUT2D eigenvalue weighted by atomic mass is 9.94. The van der Waals surface area contributed by atoms with Crippen LogP contribution in [0.4, 0.5) is 0 Å². The van der Waals surface area contributed by atoms with Crippen LogP contribution in [-0.2, 0) is 11.4 Å². The Kier molecular flexibility index (Phi) is 10.1. The molecular weight excluding hydrogens is 723 g/mol. The van der Waals surface area contributed by atoms with Gasteiger partial charge in [0.15, 0.2) is 16.3 Å². The van der Waals surface area contributed by atoms with Gasteiger partial charge in [0, 0.05) is 23.7 Å². The highest BCUT2D eigenvalue weighted by molar-refractivity contribution is 14.1. The normalized spacial score (nSPS) is 14.4. The van der Waals surface area contributed by atoms with E-state index in [1.807, 2.05) is 63.2 Å². The van der Waals surface area contributed by atoms with E-state index in [2.05, 4.69) is 28.7 Å². The summed E-state index contributed by atoms with van der Waals surface area (Å²) in [6, 6.07) is 19.7. The van der Waals surface area contributed by atoms with Crippen LogP contribution in [0.1, 0.15) is 49.1 Å². The number of rotatable bonds is 9. The van der Waals surface area contributed by atoms with Gasteiger partial charge in [-0.2, -0.15) is 5.26 Å². The number of methoxy groups -OCH3 is 1. The van der Waals surface area contributed by atoms with E-state index in [-0.39, 0.29) is 18.1 Å². The molecule has 5 rings (SSSR count). The van der Waals surface area contributed by atoms with Crippen molar-refractivity contribution in [2.45, 2.75) is 33.4 Å². The molecule has 0 aliphatic carbocycles. The van der Waals surface area contributed by atoms with Crippen molar-refractivity contribution in [3.63, 3.8) is 0 Å². The number of nitriles is 1. The first-order chi connectivity index (χ1) is 21.7. The molecule has 11 heteroatoms. The van der Waals surface area contributed by atoms with Crippen molar-refractivity contribution < 1.29 is 14.3 Å². The molecule has 0 spiro atoms. The molecule has 1 aliphatic rings. The van der Waals surface area contributed by atoms with Crippen LogP contribution in [0, 0.1) is 14.9 Å². The fourth-order valence-electron chi connectivity index (χ4n) is 5.26. The summed E-state index contributed by atoms with van der Waals surface area (Å²) in [7, 11) is 1.56. The largest absolute Gasteiger partial charge is 0.493 e. The summed E-state index contributed by atoms with van der Waals surface area (Å²) in [5.41, 5.74) is 3.63. The Morgan fingerprint density at radius 3 is 2.56 bits per heavy atom. The van der Waals surface area contributed by atoms with Crippen molar-refractivity contribution in [2.24, 2.45) is 4.99 Å². The second-order valence-electron chi connectivity index (χ2n) is 10.2. The van der Waals surface area contributed by atoms with E-state index in [0.29, 0.717) is 55.8 Å². The molecule has 3 aromatic carbocycles. The highest BCUT2D eigenvalue weighted by Crippen LogP contribution is 2.35. The van der Waals surface area contributed by atoms with Crippen LogP contribution in [0.15, 0.2) is 81.7 Å². The summed E-state index contributed by atoms with van der Waals surface area (Å²) in [5, 5.41) is 9.99. The van der Waals surface area contributed by atoms with Crippen LogP contribution >= 0.6 is 45.5 Å². The number of thiazole rings is 1. The minimum absolute atomic E-state index is 0.150. The zero-order valence-electron chi connectivity index (χ0n) is 25.1. The highest BCUT2D eigenvalue weighted by atomic mass is 127. The van der Waals surface area contributed by atoms with Crippen molar-refractivity contribution in [3.8, 4) is 17.6 Å². The van der Waals surface area contributed by atoms with Crippen LogP contribution in [0.3, 0.4) is 0 Å². The standard InChI is InChI=1S/C34H30ClIN4O4S/c1-5-39(6-2)33(42)29-20(3)38-34-40(30(29)22-11-13-25(35)14-12-22)32(41)28(45-34)17-21-15-26(36)31(27(16-21)43-4)44-19-24-10-8-7-9-23(24)18-37/h7-17,30H,5-6,19H2,1-4H3/b28-17+/t30-/m0/s1. The number of likely N-dealkylation sites (N-methyl/N-ethyl adjacent to an activating group) is 1. The third kappa shape index (κ3) is 6.57. The lowest BCUT2D eigenvalue weighted by Crippen LogP contribution is -2.43. The SMILES string of the molecule is CCN(CC)C(=O)C1=C(C)N=c2s/c(=C/c3cc(I)c(OCc4ccccc4C#N)c(OC)c3)c(=O)n2[C@H]1c1ccc(Cl)cc1. The van der Waals surface area contributed by atoms with Gasteiger partial charge in [-0.05, 0) is 90.9 Å². The number of hydrogen-bond donors (Lipinski definition) is 0. The molecule has 1 aromatic heterocycles. The Morgan fingerprint density at radius 2 is 1.89 bits per heavy atom. The van der Waals surface area contributed by atoms with E-state index >= 15 is 0 Å². The number of nitrogens with zero attached hydrogens (tertiary/aromatic N) is 4. The molecule has 0 unspecified atom stereocenters. The molecule has 45 heavy (non-hydrogen) atoms. The number of carbonyl (C=O) groups is 1. The molecule has 1 aliphatic heterocycles. The van der Waals surface area contributed by atoms with Crippen LogP contribution in [0.2, 0.25) is 5.02 Å². The van der Waals surface area contributed by atoms with Crippen molar-refractivity contribution in [1.29, 1.82) is 5.26 Å². The topological polar surface area (TPSA) is 96.9 Å². The number of allylic oxidation sites excluding steroid dienone is 1. The smallest absolute Gasteiger partial charge is 0.271 e. The Morgan fingerprint density at radius 1 is 1.18 bits per heavy atom. The van der Waals surface area contributed by atoms with Gasteiger partial charge in [0.05, 0.1) is 44.2 Å². The number of halogens is 2. The first-order valence-electron chi connectivity index (χ1n) is 14.3. The van der Waals surface area contributed by atoms with E-state index in [1.54, 1.807) is 40.9 Å². The number of amides is 1. The molecule has 1 amide bonds. The summed E-state index contributed by atoms with van der Waals surface area (Å²) < 4.78 is 14.6. The van der Waals surface area contributed by atoms with Gasteiger partial charge in [-0.3, -0.25) is 14.2 Å². The second-order valence-corrected chi connectivity index (χ2v) is 12.8. The molecule has 0 saturated carbocycles. The minimum Gasteiger partial charge on any atom is -0.493 e. The Balaban J connectivity index is 1.58. The number of carbonyl (C=O) groups excluding carboxylic acids is 1. The Labute approximate surface area is 283 Å². The van der Waals surface area contributed by atoms with Crippen molar-refractivity contribution >= 4 is 57.5 Å². The highest BCUT2D eigenvalue weighted by Gasteiger charge is 2.34. The molecule has 0 bridgehead atoms. The molecule has 0 N–H and O–H groups in total. The zero-order valence-corrected chi connectivity index (χ0v) is 28.9. The molecule has 1 atom stereocenters. The number of ether oxygens (including phenoxy) is 2. The molecule has 8 nitrogen and oxygen atoms in total. The summed E-state index contributed by atoms with van der Waals surface area (Å²) in [5.74, 6) is 0.891. The van der Waals surface area contributed by atoms with Gasteiger partial charge < -0.3 is 14.4 Å². The van der Waals surface area contributed by atoms with Gasteiger partial charge in [-0.25, -0.2) is 4.99 Å². The predicted octanol–water partition coefficient (Wildman–Crippen LogP) is 5.82. The van der Waals surface area contributed by atoms with E-state index in [4.69, 9.17) is 26.1 Å². The zero-order chi connectivity index (χ0) is 32.2. The molecule has 2 heterocycles. The average Bonchev–Trinajstić information content (AvgIpc) is 3.34. The van der Waals surface area contributed by atoms with Crippen LogP contribution in [0.5, 0.6) is 11.5 Å². The third-order valence-electron chi connectivity index (χ3n) is 7.55. The maximum absolute atomic E-state index is 14.1. The number of hydrogen-bond acceptors (Lipinski definition) is 7. The van der Waals surface area contributed by atoms with Gasteiger partial charge in [-0.1, -0.05) is 53.3 Å². The van der Waals surface area contributed by atoms with E-state index in [0.717, 1.165) is 20.3 Å². The summed E-state index contributed by atoms with van der Waals surface area (Å²) in [6.45, 7) is 6.95. The number of benzene rings is 3. The van der Waals surface area contributed by atoms with Crippen LogP contribution in [-0.4, -0.2) is 35.6 Å². The van der Waals surface area contributed by atoms with E-state index < -0.39 is 6.04 Å². The van der Waals surface area contributed by atoms with Crippen molar-refractivity contribution in [1.82, 2.24) is 9.47 Å². The fourth-order valence-corrected chi connectivity index (χ4v) is 7.21. The van der Waals surface area contributed by atoms with Crippen molar-refractivity contribution in [3.05, 3.63) is 122 Å². The monoisotopic (exact) mass is 752 g/mol. The summed E-state index contributed by atoms with van der Waals surface area (Å²) in [6.07, 6.45) is 1.80. The molecule has 230 valence electrons. The van der Waals surface area contributed by atoms with Crippen molar-refractivity contribution in [2.75, 3.05) is 20.2 Å². The first-order valence-corrected chi connectivity index (χ1v) is 16.5. The van der Waals surface area contributed by atoms with Gasteiger partial charge in [-0.15, -0.1) is 0 Å². The first kappa shape index (κ1) is 32.5. The van der Waals surface area contributed by atoms with Crippen LogP contribution < -0.4 is 24.4 Å². The maximum atomic E-state index is 14.1. The van der Waals surface area contributed by atoms with Gasteiger partial charge in [0.25, 0.3) is 11.5 Å². The number of fused-ring (bicyclic) bond motifs is 1. The van der Waals surface area contributed by atoms with Gasteiger partial charge >= 0.3 is 0 Å². The van der Waals surface area contributed by atoms with E-state index in [9.17, 15) is 14.9 Å². The summed E-state index contributed by atoms with van der Waals surface area (Å²) >= 11 is 9.65. The second kappa shape index (κ2) is 14.0. The molecule has 0 saturated heterocycles. The minimum atomic E-state index is -0.657. The fraction of sp³-hybridized carbons (Fsp3) is 0.235. The van der Waals surface area contributed by atoms with Gasteiger partial charge in [0.1, 0.15) is 6.61 Å². The quantitative estimate of drug-likeness (QED) is 0.201. The van der Waals surface area contributed by atoms with Gasteiger partial charge in [0.2, 0.25) is 0 Å². The maximum Gasteiger partial charge on any atom is 0.271 e. The third-order valence-corrected chi connectivity index (χ3v) is 9.58. The predicted molar refractivity (Wildman–Crippen MR) is 184 cm³/mol. The summed E-state index contributed by atoms with van der Waals surface area (Å²) in [4.78, 5) is 34.9. The Bertz CT molecular complexity index is 2020. The molecular formula is C34H30ClIN4O4S. The lowest BCUT2D eigenvalue weighted by molar-refractivity contribution is -0.127. The van der Waals surface area contributed by atoms with Crippen LogP contribution in [0.25, 0.3) is 6.08 Å². The van der Waals surface area contributed by atoms with E-state index in [1.165, 1.54) is 11.3 Å². The lowest BCUT2D eigenvalue weighted by Gasteiger charge is -2.29. The number of aromatic nitrogens is 1. The average molecular weight is 753 g/mol.